The third-order valence-corrected chi connectivity index (χ3v) is 4.41. The van der Waals surface area contributed by atoms with Gasteiger partial charge in [-0.05, 0) is 39.2 Å². The monoisotopic (exact) mass is 254 g/mol. The zero-order valence-electron chi connectivity index (χ0n) is 10.7. The Kier molecular flexibility index (Phi) is 4.17. The first-order valence-corrected chi connectivity index (χ1v) is 7.36. The lowest BCUT2D eigenvalue weighted by atomic mass is 9.79. The summed E-state index contributed by atoms with van der Waals surface area (Å²) in [6.07, 6.45) is 4.65. The van der Waals surface area contributed by atoms with Crippen molar-refractivity contribution in [1.29, 1.82) is 0 Å². The van der Waals surface area contributed by atoms with Gasteiger partial charge >= 0.3 is 0 Å². The lowest BCUT2D eigenvalue weighted by molar-refractivity contribution is -0.00362. The van der Waals surface area contributed by atoms with Crippen LogP contribution in [0.5, 0.6) is 0 Å². The average Bonchev–Trinajstić information content (AvgIpc) is 2.68. The van der Waals surface area contributed by atoms with Crippen molar-refractivity contribution in [1.82, 2.24) is 10.3 Å². The van der Waals surface area contributed by atoms with Crippen molar-refractivity contribution in [3.63, 3.8) is 0 Å². The van der Waals surface area contributed by atoms with Crippen LogP contribution in [0.1, 0.15) is 43.3 Å². The van der Waals surface area contributed by atoms with E-state index in [2.05, 4.69) is 22.6 Å². The molecule has 0 saturated heterocycles. The van der Waals surface area contributed by atoms with Crippen LogP contribution in [0.4, 0.5) is 0 Å². The van der Waals surface area contributed by atoms with E-state index < -0.39 is 5.60 Å². The molecule has 0 unspecified atom stereocenters. The van der Waals surface area contributed by atoms with E-state index in [-0.39, 0.29) is 0 Å². The summed E-state index contributed by atoms with van der Waals surface area (Å²) in [6, 6.07) is 0.595. The molecule has 0 radical (unpaired) electrons. The first kappa shape index (κ1) is 13.0. The Morgan fingerprint density at radius 2 is 2.24 bits per heavy atom. The smallest absolute Gasteiger partial charge is 0.0897 e. The summed E-state index contributed by atoms with van der Waals surface area (Å²) in [5.74, 6) is 0. The fourth-order valence-electron chi connectivity index (χ4n) is 2.65. The van der Waals surface area contributed by atoms with Crippen molar-refractivity contribution >= 4 is 11.3 Å². The highest BCUT2D eigenvalue weighted by molar-refractivity contribution is 7.09. The Bertz CT molecular complexity index is 356. The van der Waals surface area contributed by atoms with Crippen LogP contribution in [0.25, 0.3) is 0 Å². The second kappa shape index (κ2) is 5.46. The number of nitrogens with zero attached hydrogens (tertiary/aromatic N) is 1. The van der Waals surface area contributed by atoms with Crippen LogP contribution in [-0.4, -0.2) is 28.3 Å². The zero-order valence-corrected chi connectivity index (χ0v) is 11.5. The molecular weight excluding hydrogens is 232 g/mol. The average molecular weight is 254 g/mol. The normalized spacial score (nSPS) is 29.5. The molecule has 0 atom stereocenters. The van der Waals surface area contributed by atoms with E-state index in [1.807, 2.05) is 6.92 Å². The second-order valence-corrected chi connectivity index (χ2v) is 6.15. The Labute approximate surface area is 107 Å². The van der Waals surface area contributed by atoms with E-state index in [0.717, 1.165) is 49.4 Å². The number of thiazole rings is 1. The highest BCUT2D eigenvalue weighted by atomic mass is 32.1. The molecule has 1 aromatic rings. The predicted octanol–water partition coefficient (Wildman–Crippen LogP) is 2.28. The van der Waals surface area contributed by atoms with Gasteiger partial charge in [-0.1, -0.05) is 6.92 Å². The fourth-order valence-corrected chi connectivity index (χ4v) is 3.26. The second-order valence-electron chi connectivity index (χ2n) is 5.09. The molecule has 1 heterocycles. The van der Waals surface area contributed by atoms with E-state index in [9.17, 15) is 5.11 Å². The number of hydrogen-bond acceptors (Lipinski definition) is 4. The van der Waals surface area contributed by atoms with Crippen LogP contribution in [0, 0.1) is 6.92 Å². The topological polar surface area (TPSA) is 45.1 Å². The van der Waals surface area contributed by atoms with Gasteiger partial charge in [0.2, 0.25) is 0 Å². The molecule has 2 N–H and O–H groups in total. The molecule has 0 aromatic carbocycles. The Morgan fingerprint density at radius 1 is 1.53 bits per heavy atom. The minimum Gasteiger partial charge on any atom is -0.389 e. The van der Waals surface area contributed by atoms with Gasteiger partial charge in [0.1, 0.15) is 0 Å². The molecule has 1 aliphatic carbocycles. The molecule has 4 heteroatoms. The summed E-state index contributed by atoms with van der Waals surface area (Å²) in [7, 11) is 0. The van der Waals surface area contributed by atoms with Gasteiger partial charge < -0.3 is 10.4 Å². The molecule has 0 aliphatic heterocycles. The highest BCUT2D eigenvalue weighted by Crippen LogP contribution is 2.31. The summed E-state index contributed by atoms with van der Waals surface area (Å²) in [4.78, 5) is 4.45. The maximum Gasteiger partial charge on any atom is 0.0897 e. The lowest BCUT2D eigenvalue weighted by Gasteiger charge is -2.36. The van der Waals surface area contributed by atoms with E-state index in [4.69, 9.17) is 0 Å². The molecule has 1 saturated carbocycles. The maximum absolute atomic E-state index is 10.6. The van der Waals surface area contributed by atoms with E-state index in [1.54, 1.807) is 11.3 Å². The van der Waals surface area contributed by atoms with Crippen molar-refractivity contribution in [2.45, 2.75) is 57.6 Å². The van der Waals surface area contributed by atoms with Crippen molar-refractivity contribution in [2.75, 3.05) is 6.54 Å². The minimum absolute atomic E-state index is 0.521. The largest absolute Gasteiger partial charge is 0.389 e. The lowest BCUT2D eigenvalue weighted by Crippen LogP contribution is -2.42. The number of aromatic nitrogens is 1. The minimum atomic E-state index is -0.521. The van der Waals surface area contributed by atoms with Crippen LogP contribution in [0.3, 0.4) is 0 Å². The molecule has 0 bridgehead atoms. The van der Waals surface area contributed by atoms with Crippen LogP contribution in [-0.2, 0) is 6.42 Å². The molecule has 1 fully saturated rings. The summed E-state index contributed by atoms with van der Waals surface area (Å²) >= 11 is 1.67. The highest BCUT2D eigenvalue weighted by Gasteiger charge is 2.33. The molecule has 1 aromatic heterocycles. The number of nitrogens with one attached hydrogen (secondary N) is 1. The van der Waals surface area contributed by atoms with Crippen LogP contribution < -0.4 is 5.32 Å². The van der Waals surface area contributed by atoms with Gasteiger partial charge in [0.05, 0.1) is 16.3 Å². The number of hydrogen-bond donors (Lipinski definition) is 2. The predicted molar refractivity (Wildman–Crippen MR) is 71.4 cm³/mol. The summed E-state index contributed by atoms with van der Waals surface area (Å²) in [5.41, 5.74) is 0.531. The molecule has 2 rings (SSSR count). The molecule has 3 nitrogen and oxygen atoms in total. The van der Waals surface area contributed by atoms with Gasteiger partial charge in [0.25, 0.3) is 0 Å². The van der Waals surface area contributed by atoms with E-state index in [1.165, 1.54) is 0 Å². The zero-order chi connectivity index (χ0) is 12.3. The van der Waals surface area contributed by atoms with Gasteiger partial charge in [-0.25, -0.2) is 4.98 Å². The Balaban J connectivity index is 1.89. The van der Waals surface area contributed by atoms with Crippen molar-refractivity contribution in [3.8, 4) is 0 Å². The SMILES string of the molecule is CCNC1CCC(O)(Cc2csc(C)n2)CC1. The van der Waals surface area contributed by atoms with E-state index in [0.29, 0.717) is 6.04 Å². The van der Waals surface area contributed by atoms with Crippen LogP contribution in [0.15, 0.2) is 5.38 Å². The Hall–Kier alpha value is -0.450. The number of aliphatic hydroxyl groups is 1. The summed E-state index contributed by atoms with van der Waals surface area (Å²) < 4.78 is 0. The van der Waals surface area contributed by atoms with Crippen LogP contribution in [0.2, 0.25) is 0 Å². The van der Waals surface area contributed by atoms with Gasteiger partial charge in [-0.2, -0.15) is 0 Å². The van der Waals surface area contributed by atoms with E-state index >= 15 is 0 Å². The van der Waals surface area contributed by atoms with Crippen LogP contribution >= 0.6 is 11.3 Å². The number of rotatable bonds is 4. The molecule has 96 valence electrons. The molecule has 17 heavy (non-hydrogen) atoms. The summed E-state index contributed by atoms with van der Waals surface area (Å²) in [6.45, 7) is 5.17. The van der Waals surface area contributed by atoms with Gasteiger partial charge in [0.15, 0.2) is 0 Å². The molecular formula is C13H22N2OS. The maximum atomic E-state index is 10.6. The van der Waals surface area contributed by atoms with Gasteiger partial charge in [0, 0.05) is 17.8 Å². The summed E-state index contributed by atoms with van der Waals surface area (Å²) in [5, 5.41) is 17.2. The quantitative estimate of drug-likeness (QED) is 0.866. The standard InChI is InChI=1S/C13H22N2OS/c1-3-14-11-4-6-13(16,7-5-11)8-12-9-17-10(2)15-12/h9,11,14,16H,3-8H2,1-2H3. The van der Waals surface area contributed by atoms with Gasteiger partial charge in [-0.15, -0.1) is 11.3 Å². The fraction of sp³-hybridized carbons (Fsp3) is 0.769. The number of aryl methyl sites for hydroxylation is 1. The first-order valence-electron chi connectivity index (χ1n) is 6.48. The third kappa shape index (κ3) is 3.50. The van der Waals surface area contributed by atoms with Crippen molar-refractivity contribution in [2.24, 2.45) is 0 Å². The molecule has 0 amide bonds. The Morgan fingerprint density at radius 3 is 2.76 bits per heavy atom. The first-order chi connectivity index (χ1) is 8.11. The third-order valence-electron chi connectivity index (χ3n) is 3.59. The van der Waals surface area contributed by atoms with Crippen molar-refractivity contribution < 1.29 is 5.11 Å². The van der Waals surface area contributed by atoms with Gasteiger partial charge in [-0.3, -0.25) is 0 Å². The molecule has 1 aliphatic rings. The molecule has 0 spiro atoms. The van der Waals surface area contributed by atoms with Crippen molar-refractivity contribution in [3.05, 3.63) is 16.1 Å².